The molecule has 0 aliphatic carbocycles. The molecule has 2 heterocycles. The van der Waals surface area contributed by atoms with Crippen LogP contribution in [0.5, 0.6) is 0 Å². The largest absolute Gasteiger partial charge is 0.376 e. The molecule has 0 saturated carbocycles. The van der Waals surface area contributed by atoms with Crippen LogP contribution in [0.4, 0.5) is 0 Å². The highest BCUT2D eigenvalue weighted by atomic mass is 16.7. The second-order valence-corrected chi connectivity index (χ2v) is 5.05. The molecule has 2 bridgehead atoms. The van der Waals surface area contributed by atoms with E-state index in [1.54, 1.807) is 7.11 Å². The lowest BCUT2D eigenvalue weighted by atomic mass is 9.98. The third-order valence-electron chi connectivity index (χ3n) is 3.79. The fraction of sp³-hybridized carbons (Fsp3) is 0.600. The zero-order valence-electron chi connectivity index (χ0n) is 11.2. The van der Waals surface area contributed by atoms with Gasteiger partial charge in [-0.25, -0.2) is 0 Å². The van der Waals surface area contributed by atoms with Gasteiger partial charge >= 0.3 is 0 Å². The highest BCUT2D eigenvalue weighted by Crippen LogP contribution is 2.31. The van der Waals surface area contributed by atoms with Crippen molar-refractivity contribution in [2.24, 2.45) is 0 Å². The highest BCUT2D eigenvalue weighted by molar-refractivity contribution is 5.13. The number of ether oxygens (including phenoxy) is 4. The molecular weight excluding hydrogens is 244 g/mol. The Morgan fingerprint density at radius 2 is 2.05 bits per heavy atom. The van der Waals surface area contributed by atoms with Gasteiger partial charge in [-0.3, -0.25) is 0 Å². The summed E-state index contributed by atoms with van der Waals surface area (Å²) in [6.07, 6.45) is 1.70. The summed E-state index contributed by atoms with van der Waals surface area (Å²) in [5.74, 6) is 0. The molecule has 4 heteroatoms. The fourth-order valence-electron chi connectivity index (χ4n) is 2.70. The fourth-order valence-corrected chi connectivity index (χ4v) is 2.70. The van der Waals surface area contributed by atoms with E-state index in [9.17, 15) is 0 Å². The van der Waals surface area contributed by atoms with Gasteiger partial charge in [0.25, 0.3) is 0 Å². The Morgan fingerprint density at radius 1 is 1.21 bits per heavy atom. The van der Waals surface area contributed by atoms with Gasteiger partial charge in [0.1, 0.15) is 6.10 Å². The van der Waals surface area contributed by atoms with Crippen molar-refractivity contribution < 1.29 is 18.9 Å². The van der Waals surface area contributed by atoms with Crippen molar-refractivity contribution in [2.75, 3.05) is 13.7 Å². The second-order valence-electron chi connectivity index (χ2n) is 5.05. The third kappa shape index (κ3) is 2.98. The molecule has 104 valence electrons. The lowest BCUT2D eigenvalue weighted by Crippen LogP contribution is -2.53. The maximum absolute atomic E-state index is 6.03. The summed E-state index contributed by atoms with van der Waals surface area (Å²) in [5.41, 5.74) is 1.19. The standard InChI is InChI=1S/C15H20O4/c1-16-14-9-13(12-7-8-17-15(14)19-12)18-10-11-5-3-2-4-6-11/h2-6,12-15H,7-10H2,1H3/t12?,13-,14+,15-/m1/s1. The average Bonchev–Trinajstić information content (AvgIpc) is 2.48. The lowest BCUT2D eigenvalue weighted by Gasteiger charge is -2.43. The summed E-state index contributed by atoms with van der Waals surface area (Å²) in [6, 6.07) is 10.2. The Hall–Kier alpha value is -0.940. The number of fused-ring (bicyclic) bond motifs is 2. The van der Waals surface area contributed by atoms with Crippen LogP contribution in [0, 0.1) is 0 Å². The first kappa shape index (κ1) is 13.1. The van der Waals surface area contributed by atoms with Crippen molar-refractivity contribution in [3.8, 4) is 0 Å². The van der Waals surface area contributed by atoms with Gasteiger partial charge < -0.3 is 18.9 Å². The van der Waals surface area contributed by atoms with Crippen LogP contribution in [-0.2, 0) is 25.6 Å². The van der Waals surface area contributed by atoms with Crippen LogP contribution >= 0.6 is 0 Å². The molecule has 1 aromatic carbocycles. The number of rotatable bonds is 4. The normalized spacial score (nSPS) is 34.2. The van der Waals surface area contributed by atoms with Crippen LogP contribution in [0.25, 0.3) is 0 Å². The van der Waals surface area contributed by atoms with Crippen LogP contribution in [0.15, 0.2) is 30.3 Å². The van der Waals surface area contributed by atoms with E-state index in [1.165, 1.54) is 5.56 Å². The minimum absolute atomic E-state index is 0.0303. The maximum Gasteiger partial charge on any atom is 0.184 e. The molecule has 19 heavy (non-hydrogen) atoms. The van der Waals surface area contributed by atoms with E-state index in [0.29, 0.717) is 6.61 Å². The first-order valence-electron chi connectivity index (χ1n) is 6.82. The Kier molecular flexibility index (Phi) is 4.13. The Morgan fingerprint density at radius 3 is 2.84 bits per heavy atom. The van der Waals surface area contributed by atoms with Crippen molar-refractivity contribution in [1.82, 2.24) is 0 Å². The van der Waals surface area contributed by atoms with Gasteiger partial charge in [-0.1, -0.05) is 30.3 Å². The van der Waals surface area contributed by atoms with Gasteiger partial charge in [-0.05, 0) is 12.0 Å². The Balaban J connectivity index is 1.60. The molecule has 0 N–H and O–H groups in total. The van der Waals surface area contributed by atoms with E-state index >= 15 is 0 Å². The summed E-state index contributed by atoms with van der Waals surface area (Å²) in [4.78, 5) is 0. The minimum Gasteiger partial charge on any atom is -0.376 e. The van der Waals surface area contributed by atoms with E-state index in [2.05, 4.69) is 12.1 Å². The molecule has 0 spiro atoms. The Bertz CT molecular complexity index is 394. The summed E-state index contributed by atoms with van der Waals surface area (Å²) in [6.45, 7) is 1.34. The topological polar surface area (TPSA) is 36.9 Å². The van der Waals surface area contributed by atoms with Gasteiger partial charge in [0.2, 0.25) is 0 Å². The van der Waals surface area contributed by atoms with Crippen LogP contribution in [-0.4, -0.2) is 38.3 Å². The number of benzene rings is 1. The summed E-state index contributed by atoms with van der Waals surface area (Å²) < 4.78 is 22.9. The molecule has 4 nitrogen and oxygen atoms in total. The van der Waals surface area contributed by atoms with E-state index < -0.39 is 0 Å². The van der Waals surface area contributed by atoms with Crippen molar-refractivity contribution in [2.45, 2.75) is 44.1 Å². The van der Waals surface area contributed by atoms with Gasteiger partial charge in [-0.15, -0.1) is 0 Å². The predicted molar refractivity (Wildman–Crippen MR) is 69.7 cm³/mol. The monoisotopic (exact) mass is 264 g/mol. The van der Waals surface area contributed by atoms with E-state index in [-0.39, 0.29) is 24.6 Å². The molecule has 3 rings (SSSR count). The van der Waals surface area contributed by atoms with Gasteiger partial charge in [-0.2, -0.15) is 0 Å². The minimum atomic E-state index is -0.222. The van der Waals surface area contributed by atoms with Crippen molar-refractivity contribution in [3.05, 3.63) is 35.9 Å². The van der Waals surface area contributed by atoms with Gasteiger partial charge in [0.15, 0.2) is 6.29 Å². The zero-order valence-corrected chi connectivity index (χ0v) is 11.2. The first-order chi connectivity index (χ1) is 9.36. The molecule has 1 aromatic rings. The van der Waals surface area contributed by atoms with Gasteiger partial charge in [0.05, 0.1) is 25.4 Å². The number of hydrogen-bond acceptors (Lipinski definition) is 4. The van der Waals surface area contributed by atoms with Crippen LogP contribution in [0.3, 0.4) is 0 Å². The van der Waals surface area contributed by atoms with Crippen LogP contribution < -0.4 is 0 Å². The number of methoxy groups -OCH3 is 1. The molecule has 2 saturated heterocycles. The van der Waals surface area contributed by atoms with E-state index in [4.69, 9.17) is 18.9 Å². The first-order valence-corrected chi connectivity index (χ1v) is 6.82. The number of hydrogen-bond donors (Lipinski definition) is 0. The van der Waals surface area contributed by atoms with Crippen molar-refractivity contribution in [1.29, 1.82) is 0 Å². The Labute approximate surface area is 113 Å². The molecule has 2 aliphatic rings. The van der Waals surface area contributed by atoms with Gasteiger partial charge in [0, 0.05) is 13.5 Å². The predicted octanol–water partition coefficient (Wildman–Crippen LogP) is 2.12. The molecule has 0 aromatic heterocycles. The zero-order chi connectivity index (χ0) is 13.1. The maximum atomic E-state index is 6.03. The highest BCUT2D eigenvalue weighted by Gasteiger charge is 2.42. The van der Waals surface area contributed by atoms with Crippen molar-refractivity contribution in [3.63, 3.8) is 0 Å². The molecule has 2 aliphatic heterocycles. The molecule has 0 radical (unpaired) electrons. The second kappa shape index (κ2) is 6.01. The lowest BCUT2D eigenvalue weighted by molar-refractivity contribution is -0.306. The van der Waals surface area contributed by atoms with Crippen LogP contribution in [0.2, 0.25) is 0 Å². The molecule has 4 atom stereocenters. The SMILES string of the molecule is CO[C@H]1C[C@@H](OCc2ccccc2)C2CCO[C@@H]1O2. The molecule has 0 amide bonds. The van der Waals surface area contributed by atoms with Crippen molar-refractivity contribution >= 4 is 0 Å². The van der Waals surface area contributed by atoms with E-state index in [0.717, 1.165) is 19.4 Å². The quantitative estimate of drug-likeness (QED) is 0.834. The molecule has 1 unspecified atom stereocenters. The van der Waals surface area contributed by atoms with E-state index in [1.807, 2.05) is 18.2 Å². The molecule has 2 fully saturated rings. The summed E-state index contributed by atoms with van der Waals surface area (Å²) in [7, 11) is 1.70. The summed E-state index contributed by atoms with van der Waals surface area (Å²) >= 11 is 0. The molecular formula is C15H20O4. The van der Waals surface area contributed by atoms with Crippen LogP contribution in [0.1, 0.15) is 18.4 Å². The average molecular weight is 264 g/mol. The smallest absolute Gasteiger partial charge is 0.184 e. The summed E-state index contributed by atoms with van der Waals surface area (Å²) in [5, 5.41) is 0. The third-order valence-corrected chi connectivity index (χ3v) is 3.79.